The lowest BCUT2D eigenvalue weighted by atomic mass is 9.75. The summed E-state index contributed by atoms with van der Waals surface area (Å²) in [4.78, 5) is 32.0. The Hall–Kier alpha value is -3.44. The maximum Gasteiger partial charge on any atom is 0.241 e. The number of para-hydroxylation sites is 1. The van der Waals surface area contributed by atoms with Crippen LogP contribution < -0.4 is 21.3 Å². The minimum absolute atomic E-state index is 0.0569. The van der Waals surface area contributed by atoms with E-state index >= 15 is 4.39 Å². The van der Waals surface area contributed by atoms with E-state index < -0.39 is 29.1 Å². The van der Waals surface area contributed by atoms with Crippen molar-refractivity contribution in [3.8, 4) is 0 Å². The highest BCUT2D eigenvalue weighted by Crippen LogP contribution is 2.37. The first kappa shape index (κ1) is 39.7. The van der Waals surface area contributed by atoms with Crippen molar-refractivity contribution in [3.05, 3.63) is 83.5 Å². The number of amides is 1. The fourth-order valence-corrected chi connectivity index (χ4v) is 6.49. The molecule has 8 nitrogen and oxygen atoms in total. The molecule has 2 unspecified atom stereocenters. The fourth-order valence-electron chi connectivity index (χ4n) is 6.34. The van der Waals surface area contributed by atoms with E-state index in [1.54, 1.807) is 12.1 Å². The van der Waals surface area contributed by atoms with Crippen LogP contribution in [0.1, 0.15) is 45.1 Å². The monoisotopic (exact) mass is 674 g/mol. The quantitative estimate of drug-likeness (QED) is 0.280. The standard InChI is InChI=1S/C32H39ClF2N4O2.C2H6.2CH2O/c33-26-12-9-22(19-28(26)35)30(21-13-17-41-18-14-21)31(36)32(40)38-29-8-4-7-27(34)25(29)11-10-24-20-37-15-16-39(24)23-5-2-1-3-6-23;3*1-2/h1-9,19,21,24,26,30-31,37H,10-18,20,36H2,(H,38,40);1-2H3;2*1H2/t24-,26?,30?,31-;;;/m0.../s1. The summed E-state index contributed by atoms with van der Waals surface area (Å²) >= 11 is 6.07. The Morgan fingerprint density at radius 2 is 1.77 bits per heavy atom. The van der Waals surface area contributed by atoms with Gasteiger partial charge in [0.05, 0.1) is 11.4 Å². The first-order valence-corrected chi connectivity index (χ1v) is 16.6. The number of hydrogen-bond donors (Lipinski definition) is 3. The van der Waals surface area contributed by atoms with Crippen LogP contribution >= 0.6 is 11.6 Å². The van der Waals surface area contributed by atoms with Crippen LogP contribution in [0.15, 0.2) is 72.1 Å². The highest BCUT2D eigenvalue weighted by Gasteiger charge is 2.36. The van der Waals surface area contributed by atoms with Crippen LogP contribution in [0.4, 0.5) is 20.2 Å². The number of carbonyl (C=O) groups excluding carboxylic acids is 3. The summed E-state index contributed by atoms with van der Waals surface area (Å²) in [6, 6.07) is 14.2. The number of anilines is 2. The average Bonchev–Trinajstić information content (AvgIpc) is 3.13. The Balaban J connectivity index is 0.00000121. The zero-order chi connectivity index (χ0) is 34.8. The summed E-state index contributed by atoms with van der Waals surface area (Å²) in [6.45, 7) is 11.7. The molecular weight excluding hydrogens is 626 g/mol. The number of nitrogens with zero attached hydrogens (tertiary/aromatic N) is 1. The first-order valence-electron chi connectivity index (χ1n) is 16.1. The smallest absolute Gasteiger partial charge is 0.241 e. The van der Waals surface area contributed by atoms with Gasteiger partial charge in [-0.1, -0.05) is 44.2 Å². The molecule has 47 heavy (non-hydrogen) atoms. The van der Waals surface area contributed by atoms with Gasteiger partial charge in [0.25, 0.3) is 0 Å². The van der Waals surface area contributed by atoms with Gasteiger partial charge in [-0.05, 0) is 73.9 Å². The van der Waals surface area contributed by atoms with E-state index in [4.69, 9.17) is 31.7 Å². The van der Waals surface area contributed by atoms with Crippen LogP contribution in [0.3, 0.4) is 0 Å². The van der Waals surface area contributed by atoms with Crippen molar-refractivity contribution in [1.29, 1.82) is 0 Å². The molecule has 4 N–H and O–H groups in total. The van der Waals surface area contributed by atoms with Gasteiger partial charge in [0.15, 0.2) is 0 Å². The largest absolute Gasteiger partial charge is 0.381 e. The predicted octanol–water partition coefficient (Wildman–Crippen LogP) is 5.99. The molecule has 2 fully saturated rings. The molecule has 4 atom stereocenters. The van der Waals surface area contributed by atoms with Gasteiger partial charge in [-0.15, -0.1) is 11.6 Å². The molecule has 0 spiro atoms. The summed E-state index contributed by atoms with van der Waals surface area (Å²) in [5.41, 5.74) is 9.35. The third-order valence-electron chi connectivity index (χ3n) is 8.55. The molecule has 3 aliphatic rings. The van der Waals surface area contributed by atoms with Crippen molar-refractivity contribution in [1.82, 2.24) is 5.32 Å². The van der Waals surface area contributed by atoms with Gasteiger partial charge >= 0.3 is 0 Å². The van der Waals surface area contributed by atoms with Gasteiger partial charge in [-0.25, -0.2) is 8.78 Å². The number of piperazine rings is 1. The van der Waals surface area contributed by atoms with Crippen LogP contribution in [-0.4, -0.2) is 69.8 Å². The first-order chi connectivity index (χ1) is 22.9. The van der Waals surface area contributed by atoms with Gasteiger partial charge in [0, 0.05) is 61.7 Å². The fraction of sp³-hybridized carbons (Fsp3) is 0.472. The molecule has 0 saturated carbocycles. The Kier molecular flexibility index (Phi) is 18.1. The molecule has 2 aromatic carbocycles. The zero-order valence-electron chi connectivity index (χ0n) is 27.4. The molecule has 2 aromatic rings. The Labute approximate surface area is 282 Å². The number of hydrogen-bond acceptors (Lipinski definition) is 7. The summed E-state index contributed by atoms with van der Waals surface area (Å²) in [6.07, 6.45) is 6.27. The predicted molar refractivity (Wildman–Crippen MR) is 186 cm³/mol. The van der Waals surface area contributed by atoms with Crippen molar-refractivity contribution in [2.24, 2.45) is 17.6 Å². The van der Waals surface area contributed by atoms with Crippen molar-refractivity contribution >= 4 is 42.5 Å². The second-order valence-corrected chi connectivity index (χ2v) is 11.6. The number of nitrogens with one attached hydrogen (secondary N) is 2. The normalized spacial score (nSPS) is 20.7. The average molecular weight is 675 g/mol. The minimum atomic E-state index is -0.951. The highest BCUT2D eigenvalue weighted by atomic mass is 35.5. The van der Waals surface area contributed by atoms with Crippen molar-refractivity contribution < 1.29 is 27.9 Å². The van der Waals surface area contributed by atoms with Crippen LogP contribution in [0.25, 0.3) is 0 Å². The second-order valence-electron chi connectivity index (χ2n) is 11.1. The van der Waals surface area contributed by atoms with E-state index in [0.29, 0.717) is 49.3 Å². The number of halogens is 3. The summed E-state index contributed by atoms with van der Waals surface area (Å²) in [5, 5.41) is 5.68. The third kappa shape index (κ3) is 11.1. The molecule has 258 valence electrons. The van der Waals surface area contributed by atoms with Crippen molar-refractivity contribution in [2.75, 3.05) is 43.1 Å². The second kappa shape index (κ2) is 21.4. The summed E-state index contributed by atoms with van der Waals surface area (Å²) < 4.78 is 35.2. The van der Waals surface area contributed by atoms with E-state index in [1.807, 2.05) is 51.7 Å². The Bertz CT molecular complexity index is 1290. The molecule has 11 heteroatoms. The number of ether oxygens (including phenoxy) is 1. The molecule has 2 aliphatic heterocycles. The van der Waals surface area contributed by atoms with Crippen LogP contribution in [0.5, 0.6) is 0 Å². The Morgan fingerprint density at radius 3 is 2.43 bits per heavy atom. The van der Waals surface area contributed by atoms with E-state index in [1.165, 1.54) is 12.1 Å². The lowest BCUT2D eigenvalue weighted by Gasteiger charge is -2.38. The van der Waals surface area contributed by atoms with Gasteiger partial charge < -0.3 is 35.6 Å². The number of alkyl halides is 1. The molecule has 2 saturated heterocycles. The highest BCUT2D eigenvalue weighted by molar-refractivity contribution is 6.22. The van der Waals surface area contributed by atoms with Crippen LogP contribution in [0, 0.1) is 17.7 Å². The van der Waals surface area contributed by atoms with E-state index in [9.17, 15) is 9.18 Å². The molecule has 2 heterocycles. The van der Waals surface area contributed by atoms with Crippen LogP contribution in [0.2, 0.25) is 0 Å². The van der Waals surface area contributed by atoms with Crippen LogP contribution in [-0.2, 0) is 25.5 Å². The number of carbonyl (C=O) groups is 3. The molecular formula is C36H49ClF2N4O4. The topological polar surface area (TPSA) is 114 Å². The molecule has 0 bridgehead atoms. The number of allylic oxidation sites excluding steroid dienone is 3. The van der Waals surface area contributed by atoms with Crippen molar-refractivity contribution in [2.45, 2.75) is 63.4 Å². The molecule has 0 aromatic heterocycles. The third-order valence-corrected chi connectivity index (χ3v) is 8.94. The SMILES string of the molecule is C=O.C=O.CC.N[C@H](C(=O)Nc1cccc(F)c1CC[C@H]1CNCCN1c1ccccc1)C(C1=CCC(Cl)C(F)=C1)C1CCOCC1. The van der Waals surface area contributed by atoms with E-state index in [2.05, 4.69) is 27.7 Å². The molecule has 1 aliphatic carbocycles. The minimum Gasteiger partial charge on any atom is -0.381 e. The van der Waals surface area contributed by atoms with Gasteiger partial charge in [0.1, 0.15) is 25.2 Å². The van der Waals surface area contributed by atoms with E-state index in [0.717, 1.165) is 38.2 Å². The number of rotatable bonds is 9. The zero-order valence-corrected chi connectivity index (χ0v) is 28.2. The van der Waals surface area contributed by atoms with Gasteiger partial charge in [-0.2, -0.15) is 0 Å². The number of nitrogens with two attached hydrogens (primary N) is 1. The van der Waals surface area contributed by atoms with Gasteiger partial charge in [-0.3, -0.25) is 4.79 Å². The maximum absolute atomic E-state index is 15.2. The lowest BCUT2D eigenvalue weighted by molar-refractivity contribution is -0.119. The summed E-state index contributed by atoms with van der Waals surface area (Å²) in [5.74, 6) is -1.54. The molecule has 5 rings (SSSR count). The molecule has 0 radical (unpaired) electrons. The lowest BCUT2D eigenvalue weighted by Crippen LogP contribution is -2.51. The Morgan fingerprint density at radius 1 is 1.09 bits per heavy atom. The van der Waals surface area contributed by atoms with Crippen molar-refractivity contribution in [3.63, 3.8) is 0 Å². The summed E-state index contributed by atoms with van der Waals surface area (Å²) in [7, 11) is 0. The van der Waals surface area contributed by atoms with Gasteiger partial charge in [0.2, 0.25) is 5.91 Å². The van der Waals surface area contributed by atoms with E-state index in [-0.39, 0.29) is 17.8 Å². The molecule has 1 amide bonds. The maximum atomic E-state index is 15.2. The number of benzene rings is 2.